The molecule has 2 rings (SSSR count). The van der Waals surface area contributed by atoms with Crippen molar-refractivity contribution < 1.29 is 9.53 Å². The van der Waals surface area contributed by atoms with Crippen LogP contribution in [-0.4, -0.2) is 42.1 Å². The highest BCUT2D eigenvalue weighted by Gasteiger charge is 2.30. The minimum absolute atomic E-state index is 0.193. The molecule has 4 heteroatoms. The first-order chi connectivity index (χ1) is 8.96. The van der Waals surface area contributed by atoms with Gasteiger partial charge in [-0.15, -0.1) is 0 Å². The van der Waals surface area contributed by atoms with E-state index in [9.17, 15) is 4.79 Å². The highest BCUT2D eigenvalue weighted by atomic mass is 16.5. The molecule has 0 aromatic heterocycles. The molecule has 2 aliphatic rings. The van der Waals surface area contributed by atoms with Crippen molar-refractivity contribution in [3.63, 3.8) is 0 Å². The van der Waals surface area contributed by atoms with E-state index in [1.807, 2.05) is 18.7 Å². The fourth-order valence-electron chi connectivity index (χ4n) is 3.31. The van der Waals surface area contributed by atoms with E-state index in [0.29, 0.717) is 25.0 Å². The van der Waals surface area contributed by atoms with Crippen molar-refractivity contribution in [1.82, 2.24) is 4.90 Å². The molecule has 110 valence electrons. The van der Waals surface area contributed by atoms with Crippen LogP contribution in [0.2, 0.25) is 0 Å². The Morgan fingerprint density at radius 1 is 1.42 bits per heavy atom. The lowest BCUT2D eigenvalue weighted by Gasteiger charge is -2.38. The maximum atomic E-state index is 12.2. The van der Waals surface area contributed by atoms with E-state index >= 15 is 0 Å². The fourth-order valence-corrected chi connectivity index (χ4v) is 3.31. The molecule has 1 heterocycles. The predicted octanol–water partition coefficient (Wildman–Crippen LogP) is 1.92. The summed E-state index contributed by atoms with van der Waals surface area (Å²) in [7, 11) is 0. The van der Waals surface area contributed by atoms with Crippen LogP contribution in [0, 0.1) is 5.92 Å². The number of nitrogens with two attached hydrogens (primary N) is 1. The molecule has 2 unspecified atom stereocenters. The number of morpholine rings is 1. The molecule has 0 spiro atoms. The van der Waals surface area contributed by atoms with Gasteiger partial charge in [-0.2, -0.15) is 0 Å². The Balaban J connectivity index is 1.74. The topological polar surface area (TPSA) is 55.6 Å². The third kappa shape index (κ3) is 4.46. The van der Waals surface area contributed by atoms with Crippen molar-refractivity contribution in [3.8, 4) is 0 Å². The van der Waals surface area contributed by atoms with Crippen LogP contribution >= 0.6 is 0 Å². The predicted molar refractivity (Wildman–Crippen MR) is 75.8 cm³/mol. The second kappa shape index (κ2) is 6.23. The van der Waals surface area contributed by atoms with E-state index < -0.39 is 0 Å². The lowest BCUT2D eigenvalue weighted by molar-refractivity contribution is -0.146. The van der Waals surface area contributed by atoms with Crippen LogP contribution in [0.4, 0.5) is 0 Å². The standard InChI is InChI=1S/C15H28N2O2/c1-15(2)11-17(8-9-19-15)14(18)7-6-12-4-3-5-13(16)10-12/h12-13H,3-11,16H2,1-2H3. The maximum absolute atomic E-state index is 12.2. The Morgan fingerprint density at radius 2 is 2.21 bits per heavy atom. The van der Waals surface area contributed by atoms with Gasteiger partial charge in [-0.1, -0.05) is 12.8 Å². The smallest absolute Gasteiger partial charge is 0.222 e. The summed E-state index contributed by atoms with van der Waals surface area (Å²) in [6, 6.07) is 0.358. The average molecular weight is 268 g/mol. The van der Waals surface area contributed by atoms with Crippen molar-refractivity contribution in [1.29, 1.82) is 0 Å². The first-order valence-corrected chi connectivity index (χ1v) is 7.63. The zero-order chi connectivity index (χ0) is 13.9. The third-order valence-corrected chi connectivity index (χ3v) is 4.37. The Morgan fingerprint density at radius 3 is 2.89 bits per heavy atom. The summed E-state index contributed by atoms with van der Waals surface area (Å²) in [4.78, 5) is 14.2. The lowest BCUT2D eigenvalue weighted by atomic mass is 9.83. The van der Waals surface area contributed by atoms with E-state index in [4.69, 9.17) is 10.5 Å². The molecule has 2 fully saturated rings. The summed E-state index contributed by atoms with van der Waals surface area (Å²) >= 11 is 0. The number of carbonyl (C=O) groups excluding carboxylic acids is 1. The van der Waals surface area contributed by atoms with Gasteiger partial charge in [0.15, 0.2) is 0 Å². The molecular formula is C15H28N2O2. The highest BCUT2D eigenvalue weighted by Crippen LogP contribution is 2.27. The second-order valence-corrected chi connectivity index (χ2v) is 6.75. The summed E-state index contributed by atoms with van der Waals surface area (Å²) in [5.74, 6) is 0.942. The van der Waals surface area contributed by atoms with Gasteiger partial charge in [0.05, 0.1) is 12.2 Å². The van der Waals surface area contributed by atoms with Crippen molar-refractivity contribution in [2.45, 2.75) is 64.0 Å². The van der Waals surface area contributed by atoms with Gasteiger partial charge in [0, 0.05) is 25.6 Å². The van der Waals surface area contributed by atoms with Gasteiger partial charge in [0.1, 0.15) is 0 Å². The molecular weight excluding hydrogens is 240 g/mol. The molecule has 2 N–H and O–H groups in total. The van der Waals surface area contributed by atoms with Gasteiger partial charge >= 0.3 is 0 Å². The van der Waals surface area contributed by atoms with E-state index in [1.54, 1.807) is 0 Å². The van der Waals surface area contributed by atoms with Gasteiger partial charge < -0.3 is 15.4 Å². The van der Waals surface area contributed by atoms with Crippen LogP contribution in [0.15, 0.2) is 0 Å². The number of rotatable bonds is 3. The number of amides is 1. The van der Waals surface area contributed by atoms with Gasteiger partial charge in [0.2, 0.25) is 5.91 Å². The Bertz CT molecular complexity index is 317. The van der Waals surface area contributed by atoms with E-state index in [1.165, 1.54) is 12.8 Å². The third-order valence-electron chi connectivity index (χ3n) is 4.37. The number of ether oxygens (including phenoxy) is 1. The van der Waals surface area contributed by atoms with Gasteiger partial charge in [0.25, 0.3) is 0 Å². The van der Waals surface area contributed by atoms with Crippen LogP contribution in [0.3, 0.4) is 0 Å². The molecule has 1 saturated carbocycles. The second-order valence-electron chi connectivity index (χ2n) is 6.75. The highest BCUT2D eigenvalue weighted by molar-refractivity contribution is 5.76. The molecule has 0 radical (unpaired) electrons. The Kier molecular flexibility index (Phi) is 4.85. The Hall–Kier alpha value is -0.610. The first kappa shape index (κ1) is 14.8. The number of hydrogen-bond acceptors (Lipinski definition) is 3. The molecule has 19 heavy (non-hydrogen) atoms. The van der Waals surface area contributed by atoms with Gasteiger partial charge in [-0.05, 0) is 39.0 Å². The molecule has 1 aliphatic carbocycles. The van der Waals surface area contributed by atoms with Crippen molar-refractivity contribution in [2.75, 3.05) is 19.7 Å². The molecule has 1 aliphatic heterocycles. The summed E-state index contributed by atoms with van der Waals surface area (Å²) in [5, 5.41) is 0. The normalized spacial score (nSPS) is 31.2. The van der Waals surface area contributed by atoms with E-state index in [2.05, 4.69) is 0 Å². The molecule has 0 aromatic carbocycles. The molecule has 0 bridgehead atoms. The first-order valence-electron chi connectivity index (χ1n) is 7.63. The van der Waals surface area contributed by atoms with Crippen LogP contribution < -0.4 is 5.73 Å². The Labute approximate surface area is 116 Å². The fraction of sp³-hybridized carbons (Fsp3) is 0.933. The minimum atomic E-state index is -0.193. The summed E-state index contributed by atoms with van der Waals surface area (Å²) in [6.07, 6.45) is 6.40. The van der Waals surface area contributed by atoms with Gasteiger partial charge in [-0.25, -0.2) is 0 Å². The molecule has 1 saturated heterocycles. The van der Waals surface area contributed by atoms with Crippen LogP contribution in [0.5, 0.6) is 0 Å². The zero-order valence-corrected chi connectivity index (χ0v) is 12.4. The zero-order valence-electron chi connectivity index (χ0n) is 12.4. The van der Waals surface area contributed by atoms with Crippen molar-refractivity contribution >= 4 is 5.91 Å². The quantitative estimate of drug-likeness (QED) is 0.851. The maximum Gasteiger partial charge on any atom is 0.222 e. The number of nitrogens with zero attached hydrogens (tertiary/aromatic N) is 1. The van der Waals surface area contributed by atoms with E-state index in [-0.39, 0.29) is 11.5 Å². The SMILES string of the molecule is CC1(C)CN(C(=O)CCC2CCCC(N)C2)CCO1. The van der Waals surface area contributed by atoms with Gasteiger partial charge in [-0.3, -0.25) is 4.79 Å². The number of carbonyl (C=O) groups is 1. The van der Waals surface area contributed by atoms with E-state index in [0.717, 1.165) is 32.4 Å². The van der Waals surface area contributed by atoms with Crippen LogP contribution in [-0.2, 0) is 9.53 Å². The largest absolute Gasteiger partial charge is 0.372 e. The van der Waals surface area contributed by atoms with Crippen molar-refractivity contribution in [2.24, 2.45) is 11.7 Å². The minimum Gasteiger partial charge on any atom is -0.372 e. The molecule has 1 amide bonds. The molecule has 2 atom stereocenters. The molecule has 0 aromatic rings. The van der Waals surface area contributed by atoms with Crippen LogP contribution in [0.1, 0.15) is 52.4 Å². The van der Waals surface area contributed by atoms with Crippen LogP contribution in [0.25, 0.3) is 0 Å². The van der Waals surface area contributed by atoms with Crippen molar-refractivity contribution in [3.05, 3.63) is 0 Å². The summed E-state index contributed by atoms with van der Waals surface area (Å²) in [5.41, 5.74) is 5.80. The molecule has 4 nitrogen and oxygen atoms in total. The monoisotopic (exact) mass is 268 g/mol. The average Bonchev–Trinajstić information content (AvgIpc) is 2.35. The summed E-state index contributed by atoms with van der Waals surface area (Å²) < 4.78 is 5.64. The number of hydrogen-bond donors (Lipinski definition) is 1. The lowest BCUT2D eigenvalue weighted by Crippen LogP contribution is -2.50. The summed E-state index contributed by atoms with van der Waals surface area (Å²) in [6.45, 7) is 6.22.